The fraction of sp³-hybridized carbons (Fsp3) is 0.375. The first kappa shape index (κ1) is 15.3. The Bertz CT molecular complexity index is 622. The molecule has 1 aromatic carbocycles. The molecule has 5 nitrogen and oxygen atoms in total. The van der Waals surface area contributed by atoms with Crippen LogP contribution in [0.25, 0.3) is 0 Å². The number of amides is 1. The number of aromatic nitrogens is 2. The highest BCUT2D eigenvalue weighted by Crippen LogP contribution is 2.20. The number of hydrogen-bond acceptors (Lipinski definition) is 3. The minimum atomic E-state index is -0.824. The first-order valence-corrected chi connectivity index (χ1v) is 7.02. The number of aryl methyl sites for hydroxylation is 2. The molecular formula is C16H21N3O2. The zero-order valence-electron chi connectivity index (χ0n) is 12.6. The standard InChI is InChI=1S/C16H21N3O2/c1-4-13-10-14(19(3)18-13)15(21)17-16(2,11-20)12-8-6-5-7-9-12/h5-10,20H,4,11H2,1-3H3,(H,17,21). The summed E-state index contributed by atoms with van der Waals surface area (Å²) in [5, 5.41) is 16.9. The number of nitrogens with zero attached hydrogens (tertiary/aromatic N) is 2. The average Bonchev–Trinajstić information content (AvgIpc) is 2.89. The summed E-state index contributed by atoms with van der Waals surface area (Å²) in [6, 6.07) is 11.2. The van der Waals surface area contributed by atoms with Gasteiger partial charge in [-0.3, -0.25) is 9.48 Å². The van der Waals surface area contributed by atoms with Crippen LogP contribution in [0, 0.1) is 0 Å². The SMILES string of the molecule is CCc1cc(C(=O)NC(C)(CO)c2ccccc2)n(C)n1. The number of nitrogens with one attached hydrogen (secondary N) is 1. The van der Waals surface area contributed by atoms with Gasteiger partial charge in [0.25, 0.3) is 5.91 Å². The quantitative estimate of drug-likeness (QED) is 0.878. The van der Waals surface area contributed by atoms with Crippen LogP contribution in [0.1, 0.15) is 35.6 Å². The smallest absolute Gasteiger partial charge is 0.270 e. The van der Waals surface area contributed by atoms with Gasteiger partial charge < -0.3 is 10.4 Å². The Morgan fingerprint density at radius 2 is 2.05 bits per heavy atom. The Morgan fingerprint density at radius 3 is 2.57 bits per heavy atom. The first-order valence-electron chi connectivity index (χ1n) is 7.02. The third-order valence-corrected chi connectivity index (χ3v) is 3.64. The van der Waals surface area contributed by atoms with Crippen LogP contribution in [0.3, 0.4) is 0 Å². The zero-order valence-corrected chi connectivity index (χ0v) is 12.6. The van der Waals surface area contributed by atoms with Gasteiger partial charge in [0.15, 0.2) is 0 Å². The highest BCUT2D eigenvalue weighted by atomic mass is 16.3. The number of rotatable bonds is 5. The van der Waals surface area contributed by atoms with E-state index < -0.39 is 5.54 Å². The van der Waals surface area contributed by atoms with Crippen molar-refractivity contribution in [1.82, 2.24) is 15.1 Å². The molecule has 5 heteroatoms. The van der Waals surface area contributed by atoms with Gasteiger partial charge in [-0.15, -0.1) is 0 Å². The molecule has 1 heterocycles. The Labute approximate surface area is 124 Å². The topological polar surface area (TPSA) is 67.2 Å². The van der Waals surface area contributed by atoms with Gasteiger partial charge in [0, 0.05) is 7.05 Å². The maximum atomic E-state index is 12.5. The summed E-state index contributed by atoms with van der Waals surface area (Å²) >= 11 is 0. The van der Waals surface area contributed by atoms with Gasteiger partial charge in [-0.2, -0.15) is 5.10 Å². The lowest BCUT2D eigenvalue weighted by Gasteiger charge is -2.29. The van der Waals surface area contributed by atoms with Crippen molar-refractivity contribution in [1.29, 1.82) is 0 Å². The zero-order chi connectivity index (χ0) is 15.5. The van der Waals surface area contributed by atoms with E-state index in [9.17, 15) is 9.90 Å². The molecule has 112 valence electrons. The third-order valence-electron chi connectivity index (χ3n) is 3.64. The number of aliphatic hydroxyl groups is 1. The van der Waals surface area contributed by atoms with Gasteiger partial charge in [-0.05, 0) is 25.0 Å². The Kier molecular flexibility index (Phi) is 4.43. The molecule has 0 fully saturated rings. The molecule has 2 rings (SSSR count). The summed E-state index contributed by atoms with van der Waals surface area (Å²) in [6.07, 6.45) is 0.775. The van der Waals surface area contributed by atoms with Crippen LogP contribution in [0.4, 0.5) is 0 Å². The molecule has 0 saturated heterocycles. The predicted molar refractivity (Wildman–Crippen MR) is 80.9 cm³/mol. The molecule has 2 N–H and O–H groups in total. The normalized spacial score (nSPS) is 13.7. The van der Waals surface area contributed by atoms with Crippen LogP contribution in [0.5, 0.6) is 0 Å². The highest BCUT2D eigenvalue weighted by molar-refractivity contribution is 5.93. The lowest BCUT2D eigenvalue weighted by molar-refractivity contribution is 0.0840. The molecular weight excluding hydrogens is 266 g/mol. The third kappa shape index (κ3) is 3.13. The Hall–Kier alpha value is -2.14. The summed E-state index contributed by atoms with van der Waals surface area (Å²) < 4.78 is 1.57. The summed E-state index contributed by atoms with van der Waals surface area (Å²) in [7, 11) is 1.74. The van der Waals surface area contributed by atoms with Crippen LogP contribution in [-0.4, -0.2) is 27.4 Å². The molecule has 0 aliphatic heterocycles. The van der Waals surface area contributed by atoms with E-state index in [1.807, 2.05) is 37.3 Å². The number of carbonyl (C=O) groups is 1. The summed E-state index contributed by atoms with van der Waals surface area (Å²) in [4.78, 5) is 12.5. The van der Waals surface area contributed by atoms with E-state index in [2.05, 4.69) is 10.4 Å². The lowest BCUT2D eigenvalue weighted by Crippen LogP contribution is -2.46. The van der Waals surface area contributed by atoms with E-state index in [1.165, 1.54) is 0 Å². The molecule has 2 aromatic rings. The molecule has 21 heavy (non-hydrogen) atoms. The second-order valence-corrected chi connectivity index (χ2v) is 5.31. The molecule has 1 atom stereocenters. The van der Waals surface area contributed by atoms with Crippen molar-refractivity contribution in [2.24, 2.45) is 7.05 Å². The molecule has 0 spiro atoms. The average molecular weight is 287 g/mol. The van der Waals surface area contributed by atoms with Gasteiger partial charge in [0.2, 0.25) is 0 Å². The van der Waals surface area contributed by atoms with E-state index in [-0.39, 0.29) is 12.5 Å². The fourth-order valence-electron chi connectivity index (χ4n) is 2.24. The van der Waals surface area contributed by atoms with Gasteiger partial charge in [-0.25, -0.2) is 0 Å². The van der Waals surface area contributed by atoms with Crippen LogP contribution in [-0.2, 0) is 19.0 Å². The lowest BCUT2D eigenvalue weighted by atomic mass is 9.92. The maximum absolute atomic E-state index is 12.5. The molecule has 0 bridgehead atoms. The predicted octanol–water partition coefficient (Wildman–Crippen LogP) is 1.62. The monoisotopic (exact) mass is 287 g/mol. The van der Waals surface area contributed by atoms with Gasteiger partial charge >= 0.3 is 0 Å². The van der Waals surface area contributed by atoms with Crippen molar-refractivity contribution >= 4 is 5.91 Å². The highest BCUT2D eigenvalue weighted by Gasteiger charge is 2.29. The van der Waals surface area contributed by atoms with E-state index in [1.54, 1.807) is 24.7 Å². The molecule has 1 aromatic heterocycles. The van der Waals surface area contributed by atoms with Crippen LogP contribution in [0.15, 0.2) is 36.4 Å². The minimum absolute atomic E-state index is 0.179. The molecule has 0 saturated carbocycles. The Balaban J connectivity index is 2.26. The molecule has 0 radical (unpaired) electrons. The van der Waals surface area contributed by atoms with Crippen molar-refractivity contribution in [3.8, 4) is 0 Å². The van der Waals surface area contributed by atoms with Crippen molar-refractivity contribution < 1.29 is 9.90 Å². The molecule has 1 amide bonds. The summed E-state index contributed by atoms with van der Waals surface area (Å²) in [5.74, 6) is -0.245. The number of benzene rings is 1. The first-order chi connectivity index (χ1) is 10.00. The van der Waals surface area contributed by atoms with Gasteiger partial charge in [0.1, 0.15) is 5.69 Å². The minimum Gasteiger partial charge on any atom is -0.394 e. The molecule has 0 aliphatic rings. The fourth-order valence-corrected chi connectivity index (χ4v) is 2.24. The van der Waals surface area contributed by atoms with Gasteiger partial charge in [0.05, 0.1) is 17.8 Å². The number of hydrogen-bond donors (Lipinski definition) is 2. The largest absolute Gasteiger partial charge is 0.394 e. The van der Waals surface area contributed by atoms with Crippen molar-refractivity contribution in [3.05, 3.63) is 53.3 Å². The van der Waals surface area contributed by atoms with E-state index in [0.717, 1.165) is 17.7 Å². The number of carbonyl (C=O) groups excluding carboxylic acids is 1. The molecule has 1 unspecified atom stereocenters. The Morgan fingerprint density at radius 1 is 1.38 bits per heavy atom. The van der Waals surface area contributed by atoms with E-state index >= 15 is 0 Å². The maximum Gasteiger partial charge on any atom is 0.270 e. The summed E-state index contributed by atoms with van der Waals surface area (Å²) in [5.41, 5.74) is 1.39. The molecule has 0 aliphatic carbocycles. The van der Waals surface area contributed by atoms with Crippen molar-refractivity contribution in [2.75, 3.05) is 6.61 Å². The van der Waals surface area contributed by atoms with Crippen LogP contribution < -0.4 is 5.32 Å². The van der Waals surface area contributed by atoms with Crippen molar-refractivity contribution in [3.63, 3.8) is 0 Å². The van der Waals surface area contributed by atoms with Gasteiger partial charge in [-0.1, -0.05) is 37.3 Å². The van der Waals surface area contributed by atoms with Crippen LogP contribution in [0.2, 0.25) is 0 Å². The van der Waals surface area contributed by atoms with E-state index in [4.69, 9.17) is 0 Å². The number of aliphatic hydroxyl groups excluding tert-OH is 1. The second kappa shape index (κ2) is 6.10. The van der Waals surface area contributed by atoms with E-state index in [0.29, 0.717) is 5.69 Å². The van der Waals surface area contributed by atoms with Crippen LogP contribution >= 0.6 is 0 Å². The van der Waals surface area contributed by atoms with Crippen molar-refractivity contribution in [2.45, 2.75) is 25.8 Å². The summed E-state index contributed by atoms with van der Waals surface area (Å²) in [6.45, 7) is 3.62. The second-order valence-electron chi connectivity index (χ2n) is 5.31.